The Kier molecular flexibility index (Phi) is 10.5. The number of fused-ring (bicyclic) bond motifs is 1. The van der Waals surface area contributed by atoms with Gasteiger partial charge in [-0.3, -0.25) is 9.89 Å². The van der Waals surface area contributed by atoms with E-state index in [1.165, 1.54) is 11.1 Å². The number of hydrogen-bond donors (Lipinski definition) is 2. The highest BCUT2D eigenvalue weighted by molar-refractivity contribution is 14.0. The smallest absolute Gasteiger partial charge is 0.191 e. The third-order valence-corrected chi connectivity index (χ3v) is 5.10. The predicted octanol–water partition coefficient (Wildman–Crippen LogP) is 2.69. The van der Waals surface area contributed by atoms with E-state index in [4.69, 9.17) is 14.5 Å². The maximum absolute atomic E-state index is 5.92. The standard InChI is InChI=1S/C22H36N4O2.HI/c1-4-23-22(25-14-20-16-26(10-12-27-20)15-17(2)3)24-9-7-18-5-6-21-19(13-18)8-11-28-21;/h5-6,13,17,20H,4,7-12,14-16H2,1-3H3,(H2,23,24,25);1H. The minimum Gasteiger partial charge on any atom is -0.493 e. The number of hydrogen-bond acceptors (Lipinski definition) is 4. The fourth-order valence-corrected chi connectivity index (χ4v) is 3.83. The maximum Gasteiger partial charge on any atom is 0.191 e. The van der Waals surface area contributed by atoms with E-state index >= 15 is 0 Å². The van der Waals surface area contributed by atoms with Crippen molar-refractivity contribution in [1.29, 1.82) is 0 Å². The summed E-state index contributed by atoms with van der Waals surface area (Å²) in [5.41, 5.74) is 2.67. The first-order valence-electron chi connectivity index (χ1n) is 10.7. The lowest BCUT2D eigenvalue weighted by Crippen LogP contribution is -2.46. The molecule has 2 aliphatic heterocycles. The summed E-state index contributed by atoms with van der Waals surface area (Å²) in [6.45, 7) is 13.8. The zero-order chi connectivity index (χ0) is 19.8. The van der Waals surface area contributed by atoms with Crippen LogP contribution < -0.4 is 15.4 Å². The minimum absolute atomic E-state index is 0. The van der Waals surface area contributed by atoms with Gasteiger partial charge in [0, 0.05) is 39.1 Å². The largest absolute Gasteiger partial charge is 0.493 e. The van der Waals surface area contributed by atoms with Crippen molar-refractivity contribution in [3.63, 3.8) is 0 Å². The third-order valence-electron chi connectivity index (χ3n) is 5.10. The Morgan fingerprint density at radius 1 is 1.28 bits per heavy atom. The van der Waals surface area contributed by atoms with Crippen LogP contribution in [0.25, 0.3) is 0 Å². The molecule has 0 aliphatic carbocycles. The summed E-state index contributed by atoms with van der Waals surface area (Å²) in [6, 6.07) is 6.53. The number of guanidine groups is 1. The molecular formula is C22H37IN4O2. The van der Waals surface area contributed by atoms with Gasteiger partial charge in [0.05, 0.1) is 25.9 Å². The highest BCUT2D eigenvalue weighted by atomic mass is 127. The number of aliphatic imine (C=N–C) groups is 1. The first kappa shape index (κ1) is 24.2. The van der Waals surface area contributed by atoms with Crippen molar-refractivity contribution in [2.45, 2.75) is 39.7 Å². The Morgan fingerprint density at radius 2 is 2.14 bits per heavy atom. The van der Waals surface area contributed by atoms with Gasteiger partial charge in [0.2, 0.25) is 0 Å². The lowest BCUT2D eigenvalue weighted by atomic mass is 10.1. The van der Waals surface area contributed by atoms with Crippen LogP contribution in [0.4, 0.5) is 0 Å². The molecular weight excluding hydrogens is 479 g/mol. The van der Waals surface area contributed by atoms with Crippen molar-refractivity contribution in [2.75, 3.05) is 52.5 Å². The van der Waals surface area contributed by atoms with E-state index in [0.29, 0.717) is 12.5 Å². The molecule has 2 N–H and O–H groups in total. The van der Waals surface area contributed by atoms with Crippen LogP contribution >= 0.6 is 24.0 Å². The second kappa shape index (κ2) is 12.6. The third kappa shape index (κ3) is 7.94. The van der Waals surface area contributed by atoms with Crippen molar-refractivity contribution < 1.29 is 9.47 Å². The average Bonchev–Trinajstić information content (AvgIpc) is 3.14. The van der Waals surface area contributed by atoms with Gasteiger partial charge in [0.25, 0.3) is 0 Å². The van der Waals surface area contributed by atoms with Gasteiger partial charge in [0.15, 0.2) is 5.96 Å². The lowest BCUT2D eigenvalue weighted by molar-refractivity contribution is -0.0261. The Hall–Kier alpha value is -1.06. The number of halogens is 1. The second-order valence-electron chi connectivity index (χ2n) is 8.08. The van der Waals surface area contributed by atoms with E-state index in [-0.39, 0.29) is 30.1 Å². The van der Waals surface area contributed by atoms with Crippen LogP contribution in [-0.2, 0) is 17.6 Å². The number of rotatable bonds is 8. The van der Waals surface area contributed by atoms with E-state index in [2.05, 4.69) is 54.5 Å². The molecule has 0 aromatic heterocycles. The quantitative estimate of drug-likeness (QED) is 0.316. The molecule has 6 nitrogen and oxygen atoms in total. The Balaban J connectivity index is 0.00000300. The Labute approximate surface area is 192 Å². The molecule has 0 saturated carbocycles. The number of ether oxygens (including phenoxy) is 2. The van der Waals surface area contributed by atoms with Gasteiger partial charge in [-0.1, -0.05) is 26.0 Å². The zero-order valence-corrected chi connectivity index (χ0v) is 20.4. The lowest BCUT2D eigenvalue weighted by Gasteiger charge is -2.33. The van der Waals surface area contributed by atoms with Crippen molar-refractivity contribution in [3.8, 4) is 5.75 Å². The second-order valence-corrected chi connectivity index (χ2v) is 8.08. The number of benzene rings is 1. The molecule has 2 aliphatic rings. The van der Waals surface area contributed by atoms with Gasteiger partial charge in [-0.15, -0.1) is 24.0 Å². The first-order valence-corrected chi connectivity index (χ1v) is 10.7. The number of nitrogens with zero attached hydrogens (tertiary/aromatic N) is 2. The summed E-state index contributed by atoms with van der Waals surface area (Å²) in [6.07, 6.45) is 2.18. The van der Waals surface area contributed by atoms with E-state index < -0.39 is 0 Å². The van der Waals surface area contributed by atoms with E-state index in [0.717, 1.165) is 70.5 Å². The van der Waals surface area contributed by atoms with Crippen molar-refractivity contribution in [2.24, 2.45) is 10.9 Å². The SMILES string of the molecule is CCNC(=NCC1CN(CC(C)C)CCO1)NCCc1ccc2c(c1)CCO2.I. The first-order chi connectivity index (χ1) is 13.6. The molecule has 3 rings (SSSR count). The fourth-order valence-electron chi connectivity index (χ4n) is 3.83. The van der Waals surface area contributed by atoms with Gasteiger partial charge >= 0.3 is 0 Å². The molecule has 1 aromatic carbocycles. The van der Waals surface area contributed by atoms with Crippen molar-refractivity contribution >= 4 is 29.9 Å². The van der Waals surface area contributed by atoms with Crippen LogP contribution in [0.15, 0.2) is 23.2 Å². The molecule has 1 saturated heterocycles. The molecule has 1 unspecified atom stereocenters. The molecule has 0 bridgehead atoms. The van der Waals surface area contributed by atoms with E-state index in [1.807, 2.05) is 0 Å². The molecule has 1 aromatic rings. The van der Waals surface area contributed by atoms with Crippen LogP contribution in [0.2, 0.25) is 0 Å². The molecule has 0 amide bonds. The normalized spacial score (nSPS) is 19.4. The maximum atomic E-state index is 5.92. The summed E-state index contributed by atoms with van der Waals surface area (Å²) in [4.78, 5) is 7.25. The molecule has 1 fully saturated rings. The van der Waals surface area contributed by atoms with Crippen LogP contribution in [0.1, 0.15) is 31.9 Å². The van der Waals surface area contributed by atoms with Gasteiger partial charge in [-0.2, -0.15) is 0 Å². The van der Waals surface area contributed by atoms with Crippen LogP contribution in [0.5, 0.6) is 5.75 Å². The van der Waals surface area contributed by atoms with Gasteiger partial charge in [-0.05, 0) is 36.5 Å². The molecule has 1 atom stereocenters. The van der Waals surface area contributed by atoms with Crippen molar-refractivity contribution in [1.82, 2.24) is 15.5 Å². The summed E-state index contributed by atoms with van der Waals surface area (Å²) in [7, 11) is 0. The molecule has 164 valence electrons. The molecule has 0 radical (unpaired) electrons. The monoisotopic (exact) mass is 516 g/mol. The molecule has 2 heterocycles. The summed E-state index contributed by atoms with van der Waals surface area (Å²) in [5, 5.41) is 6.80. The van der Waals surface area contributed by atoms with Crippen molar-refractivity contribution in [3.05, 3.63) is 29.3 Å². The molecule has 7 heteroatoms. The van der Waals surface area contributed by atoms with E-state index in [1.54, 1.807) is 0 Å². The Morgan fingerprint density at radius 3 is 2.93 bits per heavy atom. The highest BCUT2D eigenvalue weighted by Gasteiger charge is 2.20. The van der Waals surface area contributed by atoms with Gasteiger partial charge in [0.1, 0.15) is 5.75 Å². The minimum atomic E-state index is 0. The molecule has 0 spiro atoms. The fraction of sp³-hybridized carbons (Fsp3) is 0.682. The van der Waals surface area contributed by atoms with Gasteiger partial charge < -0.3 is 20.1 Å². The van der Waals surface area contributed by atoms with Crippen LogP contribution in [-0.4, -0.2) is 69.4 Å². The Bertz CT molecular complexity index is 654. The zero-order valence-electron chi connectivity index (χ0n) is 18.1. The topological polar surface area (TPSA) is 58.1 Å². The molecule has 29 heavy (non-hydrogen) atoms. The van der Waals surface area contributed by atoms with E-state index in [9.17, 15) is 0 Å². The van der Waals surface area contributed by atoms with Gasteiger partial charge in [-0.25, -0.2) is 0 Å². The average molecular weight is 516 g/mol. The van der Waals surface area contributed by atoms with Crippen LogP contribution in [0, 0.1) is 5.92 Å². The van der Waals surface area contributed by atoms with Crippen LogP contribution in [0.3, 0.4) is 0 Å². The number of morpholine rings is 1. The predicted molar refractivity (Wildman–Crippen MR) is 130 cm³/mol. The number of nitrogens with one attached hydrogen (secondary N) is 2. The highest BCUT2D eigenvalue weighted by Crippen LogP contribution is 2.25. The summed E-state index contributed by atoms with van der Waals surface area (Å²) < 4.78 is 11.5. The summed E-state index contributed by atoms with van der Waals surface area (Å²) >= 11 is 0. The summed E-state index contributed by atoms with van der Waals surface area (Å²) in [5.74, 6) is 2.61.